The fourth-order valence-electron chi connectivity index (χ4n) is 8.41. The van der Waals surface area contributed by atoms with Gasteiger partial charge in [-0.15, -0.1) is 0 Å². The van der Waals surface area contributed by atoms with E-state index in [1.165, 1.54) is 12.0 Å². The standard InChI is InChI=1S/C30H47NO11/c1-15-16(13-19(33)31(4)11-12-41-27-25(38)23(36)21(34)18(14-32)42-27)7-8-17-20(15)22(35)24(37)26-29(17,2)9-6-10-30(26,3)28(39)40-5/h13,15,17-18,20-21,23-27,32,34,36-38H,6-12,14H2,1-5H3/b16-13+/t15-,17-,18+,20-,21-,23-,24-,25+,26+,27+,29+,30-/m0/s1. The zero-order valence-electron chi connectivity index (χ0n) is 25.1. The molecule has 0 spiro atoms. The Bertz CT molecular complexity index is 1060. The number of hydrogen-bond acceptors (Lipinski definition) is 11. The molecule has 4 rings (SSSR count). The number of methoxy groups -OCH3 is 1. The van der Waals surface area contributed by atoms with E-state index < -0.39 is 72.1 Å². The summed E-state index contributed by atoms with van der Waals surface area (Å²) in [5.74, 6) is -2.25. The van der Waals surface area contributed by atoms with Gasteiger partial charge in [0.15, 0.2) is 12.1 Å². The van der Waals surface area contributed by atoms with E-state index >= 15 is 0 Å². The largest absolute Gasteiger partial charge is 0.469 e. The molecule has 1 heterocycles. The molecule has 1 saturated heterocycles. The third-order valence-corrected chi connectivity index (χ3v) is 10.8. The number of amides is 1. The second-order valence-electron chi connectivity index (χ2n) is 13.1. The van der Waals surface area contributed by atoms with Crippen molar-refractivity contribution in [3.8, 4) is 0 Å². The van der Waals surface area contributed by atoms with E-state index in [1.54, 1.807) is 13.1 Å². The van der Waals surface area contributed by atoms with Crippen LogP contribution < -0.4 is 0 Å². The van der Waals surface area contributed by atoms with Crippen molar-refractivity contribution in [2.45, 2.75) is 89.7 Å². The molecule has 0 aromatic carbocycles. The van der Waals surface area contributed by atoms with Crippen LogP contribution in [0.25, 0.3) is 0 Å². The Kier molecular flexibility index (Phi) is 9.88. The van der Waals surface area contributed by atoms with E-state index in [2.05, 4.69) is 6.92 Å². The first-order valence-corrected chi connectivity index (χ1v) is 14.9. The Morgan fingerprint density at radius 2 is 1.81 bits per heavy atom. The van der Waals surface area contributed by atoms with Gasteiger partial charge in [-0.1, -0.05) is 25.8 Å². The molecule has 0 radical (unpaired) electrons. The van der Waals surface area contributed by atoms with Gasteiger partial charge in [0, 0.05) is 31.5 Å². The molecule has 1 aliphatic heterocycles. The van der Waals surface area contributed by atoms with Crippen LogP contribution in [-0.2, 0) is 28.6 Å². The number of fused-ring (bicyclic) bond motifs is 3. The van der Waals surface area contributed by atoms with Gasteiger partial charge < -0.3 is 44.6 Å². The first-order valence-electron chi connectivity index (χ1n) is 14.9. The zero-order chi connectivity index (χ0) is 31.1. The van der Waals surface area contributed by atoms with Crippen LogP contribution in [-0.4, -0.2) is 119 Å². The van der Waals surface area contributed by atoms with Crippen LogP contribution in [0.15, 0.2) is 11.6 Å². The summed E-state index contributed by atoms with van der Waals surface area (Å²) in [5, 5.41) is 50.7. The predicted octanol–water partition coefficient (Wildman–Crippen LogP) is -0.221. The van der Waals surface area contributed by atoms with Crippen LogP contribution >= 0.6 is 0 Å². The summed E-state index contributed by atoms with van der Waals surface area (Å²) in [6, 6.07) is 0. The van der Waals surface area contributed by atoms with Gasteiger partial charge in [-0.2, -0.15) is 0 Å². The Balaban J connectivity index is 1.42. The Labute approximate surface area is 246 Å². The monoisotopic (exact) mass is 597 g/mol. The zero-order valence-corrected chi connectivity index (χ0v) is 25.1. The minimum absolute atomic E-state index is 0.0328. The van der Waals surface area contributed by atoms with Crippen LogP contribution in [0.3, 0.4) is 0 Å². The van der Waals surface area contributed by atoms with Gasteiger partial charge >= 0.3 is 5.97 Å². The predicted molar refractivity (Wildman–Crippen MR) is 147 cm³/mol. The lowest BCUT2D eigenvalue weighted by Gasteiger charge is -2.61. The molecule has 0 aromatic rings. The Morgan fingerprint density at radius 1 is 1.12 bits per heavy atom. The number of aliphatic hydroxyl groups is 5. The summed E-state index contributed by atoms with van der Waals surface area (Å²) < 4.78 is 16.0. The average molecular weight is 598 g/mol. The Morgan fingerprint density at radius 3 is 2.45 bits per heavy atom. The quantitative estimate of drug-likeness (QED) is 0.193. The van der Waals surface area contributed by atoms with E-state index in [0.717, 1.165) is 18.4 Å². The van der Waals surface area contributed by atoms with Crippen molar-refractivity contribution in [1.82, 2.24) is 4.90 Å². The van der Waals surface area contributed by atoms with Crippen LogP contribution in [0.2, 0.25) is 0 Å². The van der Waals surface area contributed by atoms with Crippen LogP contribution in [0.4, 0.5) is 0 Å². The third kappa shape index (κ3) is 5.55. The van der Waals surface area contributed by atoms with Gasteiger partial charge in [0.05, 0.1) is 25.7 Å². The number of ether oxygens (including phenoxy) is 3. The second kappa shape index (κ2) is 12.6. The maximum Gasteiger partial charge on any atom is 0.311 e. The second-order valence-corrected chi connectivity index (χ2v) is 13.1. The highest BCUT2D eigenvalue weighted by atomic mass is 16.7. The fourth-order valence-corrected chi connectivity index (χ4v) is 8.41. The van der Waals surface area contributed by atoms with Crippen LogP contribution in [0.1, 0.15) is 52.9 Å². The number of Topliss-reactive ketones (excluding diaryl/α,β-unsaturated/α-hetero) is 1. The molecule has 3 aliphatic carbocycles. The molecule has 4 aliphatic rings. The molecule has 4 fully saturated rings. The van der Waals surface area contributed by atoms with Gasteiger partial charge in [-0.05, 0) is 49.9 Å². The highest BCUT2D eigenvalue weighted by Crippen LogP contribution is 2.64. The van der Waals surface area contributed by atoms with Crippen molar-refractivity contribution in [2.24, 2.45) is 34.5 Å². The van der Waals surface area contributed by atoms with Gasteiger partial charge in [0.2, 0.25) is 5.91 Å². The number of carbonyl (C=O) groups is 3. The summed E-state index contributed by atoms with van der Waals surface area (Å²) in [4.78, 5) is 41.1. The van der Waals surface area contributed by atoms with Crippen LogP contribution in [0, 0.1) is 34.5 Å². The molecule has 12 heteroatoms. The lowest BCUT2D eigenvalue weighted by Crippen LogP contribution is -2.65. The molecule has 3 saturated carbocycles. The number of likely N-dealkylation sites (N-methyl/N-ethyl adjacent to an activating group) is 1. The lowest BCUT2D eigenvalue weighted by molar-refractivity contribution is -0.301. The molecule has 0 unspecified atom stereocenters. The number of carbonyl (C=O) groups excluding carboxylic acids is 3. The smallest absolute Gasteiger partial charge is 0.311 e. The summed E-state index contributed by atoms with van der Waals surface area (Å²) in [6.07, 6.45) is -3.24. The fraction of sp³-hybridized carbons (Fsp3) is 0.833. The summed E-state index contributed by atoms with van der Waals surface area (Å²) in [6.45, 7) is 5.35. The topological polar surface area (TPSA) is 183 Å². The maximum absolute atomic E-state index is 13.7. The molecule has 1 amide bonds. The van der Waals surface area contributed by atoms with E-state index in [-0.39, 0.29) is 36.7 Å². The van der Waals surface area contributed by atoms with Crippen molar-refractivity contribution in [3.63, 3.8) is 0 Å². The molecule has 12 nitrogen and oxygen atoms in total. The molecule has 42 heavy (non-hydrogen) atoms. The van der Waals surface area contributed by atoms with Crippen molar-refractivity contribution < 1.29 is 54.1 Å². The molecule has 12 atom stereocenters. The van der Waals surface area contributed by atoms with Gasteiger partial charge in [0.25, 0.3) is 0 Å². The number of allylic oxidation sites excluding steroid dienone is 1. The molecular weight excluding hydrogens is 550 g/mol. The molecule has 0 bridgehead atoms. The van der Waals surface area contributed by atoms with Crippen molar-refractivity contribution in [2.75, 3.05) is 33.9 Å². The number of esters is 1. The summed E-state index contributed by atoms with van der Waals surface area (Å²) in [7, 11) is 2.93. The number of aliphatic hydroxyl groups excluding tert-OH is 5. The van der Waals surface area contributed by atoms with E-state index in [9.17, 15) is 39.9 Å². The molecule has 238 valence electrons. The molecule has 0 aromatic heterocycles. The van der Waals surface area contributed by atoms with Gasteiger partial charge in [-0.25, -0.2) is 0 Å². The summed E-state index contributed by atoms with van der Waals surface area (Å²) in [5.41, 5.74) is -0.545. The number of hydrogen-bond donors (Lipinski definition) is 5. The van der Waals surface area contributed by atoms with Crippen molar-refractivity contribution in [3.05, 3.63) is 11.6 Å². The summed E-state index contributed by atoms with van der Waals surface area (Å²) >= 11 is 0. The van der Waals surface area contributed by atoms with Crippen LogP contribution in [0.5, 0.6) is 0 Å². The first kappa shape index (κ1) is 33.0. The maximum atomic E-state index is 13.7. The van der Waals surface area contributed by atoms with Gasteiger partial charge in [0.1, 0.15) is 30.5 Å². The molecule has 5 N–H and O–H groups in total. The van der Waals surface area contributed by atoms with Crippen molar-refractivity contribution >= 4 is 17.7 Å². The van der Waals surface area contributed by atoms with E-state index in [1.807, 2.05) is 13.8 Å². The first-order chi connectivity index (χ1) is 19.7. The lowest BCUT2D eigenvalue weighted by atomic mass is 9.42. The normalized spacial score (nSPS) is 44.7. The van der Waals surface area contributed by atoms with Crippen molar-refractivity contribution in [1.29, 1.82) is 0 Å². The third-order valence-electron chi connectivity index (χ3n) is 10.8. The minimum atomic E-state index is -1.55. The van der Waals surface area contributed by atoms with Gasteiger partial charge in [-0.3, -0.25) is 14.4 Å². The SMILES string of the molecule is COC(=O)[C@@]1(C)CCC[C@@]2(C)[C@H]1[C@@H](O)C(=O)[C@H]1[C@@H](C)/C(=C/C(=O)N(C)CCO[C@@H]3O[C@H](CO)[C@H](O)[C@H](O)[C@H]3O)CC[C@@H]12. The number of ketones is 1. The van der Waals surface area contributed by atoms with E-state index in [0.29, 0.717) is 19.3 Å². The number of nitrogens with zero attached hydrogens (tertiary/aromatic N) is 1. The Hall–Kier alpha value is -1.93. The number of rotatable bonds is 7. The average Bonchev–Trinajstić information content (AvgIpc) is 2.96. The highest BCUT2D eigenvalue weighted by molar-refractivity contribution is 5.91. The highest BCUT2D eigenvalue weighted by Gasteiger charge is 2.66. The molecular formula is C30H47NO11. The van der Waals surface area contributed by atoms with E-state index in [4.69, 9.17) is 14.2 Å². The minimum Gasteiger partial charge on any atom is -0.469 e.